The Morgan fingerprint density at radius 3 is 2.60 bits per heavy atom. The smallest absolute Gasteiger partial charge is 0.276 e. The first-order valence-corrected chi connectivity index (χ1v) is 8.38. The predicted molar refractivity (Wildman–Crippen MR) is 96.3 cm³/mol. The van der Waals surface area contributed by atoms with Crippen molar-refractivity contribution >= 4 is 35.1 Å². The van der Waals surface area contributed by atoms with Gasteiger partial charge in [-0.25, -0.2) is 9.97 Å². The number of carbonyl (C=O) groups is 2. The van der Waals surface area contributed by atoms with Gasteiger partial charge in [-0.1, -0.05) is 23.7 Å². The second-order valence-electron chi connectivity index (χ2n) is 5.64. The fourth-order valence-electron chi connectivity index (χ4n) is 2.69. The number of benzene rings is 1. The first-order chi connectivity index (χ1) is 12.1. The molecule has 3 rings (SSSR count). The van der Waals surface area contributed by atoms with Crippen LogP contribution in [0, 0.1) is 0 Å². The highest BCUT2D eigenvalue weighted by atomic mass is 35.5. The van der Waals surface area contributed by atoms with E-state index in [1.165, 1.54) is 13.2 Å². The van der Waals surface area contributed by atoms with Gasteiger partial charge in [0.2, 0.25) is 5.95 Å². The van der Waals surface area contributed by atoms with Crippen LogP contribution < -0.4 is 15.5 Å². The highest BCUT2D eigenvalue weighted by molar-refractivity contribution is 6.34. The number of nitrogens with one attached hydrogen (secondary N) is 2. The van der Waals surface area contributed by atoms with Gasteiger partial charge in [0.25, 0.3) is 11.8 Å². The summed E-state index contributed by atoms with van der Waals surface area (Å²) in [7, 11) is 1.53. The molecule has 1 aromatic heterocycles. The van der Waals surface area contributed by atoms with Crippen molar-refractivity contribution in [1.29, 1.82) is 0 Å². The van der Waals surface area contributed by atoms with E-state index in [-0.39, 0.29) is 16.6 Å². The number of aromatic nitrogens is 2. The molecule has 1 aromatic carbocycles. The van der Waals surface area contributed by atoms with Crippen LogP contribution in [0.15, 0.2) is 30.5 Å². The Kier molecular flexibility index (Phi) is 5.14. The first-order valence-electron chi connectivity index (χ1n) is 8.00. The predicted octanol–water partition coefficient (Wildman–Crippen LogP) is 2.34. The largest absolute Gasteiger partial charge is 0.355 e. The van der Waals surface area contributed by atoms with Crippen LogP contribution in [0.3, 0.4) is 0 Å². The Bertz CT molecular complexity index is 805. The maximum Gasteiger partial charge on any atom is 0.276 e. The number of amides is 2. The molecule has 2 amide bonds. The van der Waals surface area contributed by atoms with Gasteiger partial charge in [-0.05, 0) is 25.0 Å². The van der Waals surface area contributed by atoms with Crippen molar-refractivity contribution < 1.29 is 9.59 Å². The molecule has 25 heavy (non-hydrogen) atoms. The summed E-state index contributed by atoms with van der Waals surface area (Å²) >= 11 is 6.11. The Morgan fingerprint density at radius 2 is 1.88 bits per heavy atom. The first kappa shape index (κ1) is 17.2. The lowest BCUT2D eigenvalue weighted by Gasteiger charge is -2.16. The molecule has 2 aromatic rings. The number of rotatable bonds is 4. The third kappa shape index (κ3) is 3.71. The summed E-state index contributed by atoms with van der Waals surface area (Å²) in [5.41, 5.74) is 0.845. The molecule has 0 saturated carbocycles. The van der Waals surface area contributed by atoms with Crippen LogP contribution in [0.5, 0.6) is 0 Å². The van der Waals surface area contributed by atoms with E-state index in [4.69, 9.17) is 11.6 Å². The van der Waals surface area contributed by atoms with Gasteiger partial charge in [0.05, 0.1) is 22.5 Å². The molecule has 0 atom stereocenters. The van der Waals surface area contributed by atoms with Crippen molar-refractivity contribution in [3.05, 3.63) is 46.7 Å². The normalized spacial score (nSPS) is 13.6. The molecular weight excluding hydrogens is 342 g/mol. The number of hydrogen-bond acceptors (Lipinski definition) is 5. The molecule has 2 heterocycles. The molecule has 1 saturated heterocycles. The number of anilines is 2. The molecule has 8 heteroatoms. The Labute approximate surface area is 150 Å². The summed E-state index contributed by atoms with van der Waals surface area (Å²) in [5, 5.41) is 5.42. The second kappa shape index (κ2) is 7.48. The number of nitrogens with zero attached hydrogens (tertiary/aromatic N) is 3. The Balaban J connectivity index is 1.87. The number of hydrogen-bond donors (Lipinski definition) is 2. The lowest BCUT2D eigenvalue weighted by molar-refractivity contribution is 0.0964. The van der Waals surface area contributed by atoms with Crippen LogP contribution in [-0.2, 0) is 0 Å². The third-order valence-electron chi connectivity index (χ3n) is 3.98. The van der Waals surface area contributed by atoms with Crippen molar-refractivity contribution in [2.75, 3.05) is 30.4 Å². The average molecular weight is 360 g/mol. The molecule has 1 aliphatic heterocycles. The van der Waals surface area contributed by atoms with Gasteiger partial charge < -0.3 is 15.5 Å². The summed E-state index contributed by atoms with van der Waals surface area (Å²) in [6, 6.07) is 6.74. The molecule has 0 aliphatic carbocycles. The van der Waals surface area contributed by atoms with E-state index in [1.807, 2.05) is 4.90 Å². The van der Waals surface area contributed by atoms with Crippen molar-refractivity contribution in [3.8, 4) is 0 Å². The van der Waals surface area contributed by atoms with Crippen molar-refractivity contribution in [3.63, 3.8) is 0 Å². The standard InChI is InChI=1S/C17H18ClN5O2/c1-19-15(24)11-6-2-3-7-13(11)21-16(25)14-12(18)10-20-17(22-14)23-8-4-5-9-23/h2-3,6-7,10H,4-5,8-9H2,1H3,(H,19,24)(H,21,25). The van der Waals surface area contributed by atoms with E-state index in [0.717, 1.165) is 25.9 Å². The second-order valence-corrected chi connectivity index (χ2v) is 6.05. The minimum Gasteiger partial charge on any atom is -0.355 e. The SMILES string of the molecule is CNC(=O)c1ccccc1NC(=O)c1nc(N2CCCC2)ncc1Cl. The van der Waals surface area contributed by atoms with Crippen molar-refractivity contribution in [1.82, 2.24) is 15.3 Å². The van der Waals surface area contributed by atoms with E-state index in [9.17, 15) is 9.59 Å². The summed E-state index contributed by atoms with van der Waals surface area (Å²) in [5.74, 6) is -0.279. The molecular formula is C17H18ClN5O2. The maximum absolute atomic E-state index is 12.6. The summed E-state index contributed by atoms with van der Waals surface area (Å²) in [6.45, 7) is 1.73. The summed E-state index contributed by atoms with van der Waals surface area (Å²) in [6.07, 6.45) is 3.59. The number of para-hydroxylation sites is 1. The van der Waals surface area contributed by atoms with Gasteiger partial charge in [0.15, 0.2) is 5.69 Å². The van der Waals surface area contributed by atoms with Crippen molar-refractivity contribution in [2.45, 2.75) is 12.8 Å². The van der Waals surface area contributed by atoms with E-state index >= 15 is 0 Å². The molecule has 2 N–H and O–H groups in total. The zero-order valence-electron chi connectivity index (χ0n) is 13.8. The van der Waals surface area contributed by atoms with Gasteiger partial charge in [-0.2, -0.15) is 0 Å². The van der Waals surface area contributed by atoms with Crippen LogP contribution in [-0.4, -0.2) is 41.9 Å². The number of halogens is 1. The maximum atomic E-state index is 12.6. The monoisotopic (exact) mass is 359 g/mol. The zero-order chi connectivity index (χ0) is 17.8. The fourth-order valence-corrected chi connectivity index (χ4v) is 2.87. The molecule has 1 aliphatic rings. The topological polar surface area (TPSA) is 87.2 Å². The van der Waals surface area contributed by atoms with Gasteiger partial charge in [-0.15, -0.1) is 0 Å². The Morgan fingerprint density at radius 1 is 1.16 bits per heavy atom. The molecule has 0 spiro atoms. The molecule has 7 nitrogen and oxygen atoms in total. The van der Waals surface area contributed by atoms with E-state index in [2.05, 4.69) is 20.6 Å². The fraction of sp³-hybridized carbons (Fsp3) is 0.294. The van der Waals surface area contributed by atoms with Crippen LogP contribution in [0.4, 0.5) is 11.6 Å². The molecule has 0 radical (unpaired) electrons. The van der Waals surface area contributed by atoms with Gasteiger partial charge in [0, 0.05) is 20.1 Å². The van der Waals surface area contributed by atoms with Crippen LogP contribution in [0.1, 0.15) is 33.7 Å². The lowest BCUT2D eigenvalue weighted by atomic mass is 10.1. The molecule has 130 valence electrons. The molecule has 0 unspecified atom stereocenters. The van der Waals surface area contributed by atoms with Crippen molar-refractivity contribution in [2.24, 2.45) is 0 Å². The molecule has 0 bridgehead atoms. The lowest BCUT2D eigenvalue weighted by Crippen LogP contribution is -2.24. The summed E-state index contributed by atoms with van der Waals surface area (Å²) < 4.78 is 0. The van der Waals surface area contributed by atoms with Gasteiger partial charge in [0.1, 0.15) is 0 Å². The van der Waals surface area contributed by atoms with Crippen LogP contribution >= 0.6 is 11.6 Å². The highest BCUT2D eigenvalue weighted by Crippen LogP contribution is 2.22. The summed E-state index contributed by atoms with van der Waals surface area (Å²) in [4.78, 5) is 35.1. The van der Waals surface area contributed by atoms with Gasteiger partial charge in [-0.3, -0.25) is 9.59 Å². The van der Waals surface area contributed by atoms with Crippen LogP contribution in [0.25, 0.3) is 0 Å². The minimum atomic E-state index is -0.482. The molecule has 1 fully saturated rings. The van der Waals surface area contributed by atoms with E-state index < -0.39 is 5.91 Å². The minimum absolute atomic E-state index is 0.0882. The third-order valence-corrected chi connectivity index (χ3v) is 4.26. The van der Waals surface area contributed by atoms with Crippen LogP contribution in [0.2, 0.25) is 5.02 Å². The van der Waals surface area contributed by atoms with E-state index in [0.29, 0.717) is 17.2 Å². The average Bonchev–Trinajstić information content (AvgIpc) is 3.16. The van der Waals surface area contributed by atoms with E-state index in [1.54, 1.807) is 24.3 Å². The highest BCUT2D eigenvalue weighted by Gasteiger charge is 2.21. The number of carbonyl (C=O) groups excluding carboxylic acids is 2. The van der Waals surface area contributed by atoms with Gasteiger partial charge >= 0.3 is 0 Å². The zero-order valence-corrected chi connectivity index (χ0v) is 14.5. The quantitative estimate of drug-likeness (QED) is 0.874. The Hall–Kier alpha value is -2.67.